The van der Waals surface area contributed by atoms with Gasteiger partial charge in [-0.2, -0.15) is 0 Å². The lowest BCUT2D eigenvalue weighted by Crippen LogP contribution is -2.08. The Kier molecular flexibility index (Phi) is 4.86. The summed E-state index contributed by atoms with van der Waals surface area (Å²) in [5.41, 5.74) is 5.57. The van der Waals surface area contributed by atoms with Gasteiger partial charge in [0, 0.05) is 18.7 Å². The van der Waals surface area contributed by atoms with Crippen molar-refractivity contribution in [1.82, 2.24) is 19.5 Å². The second kappa shape index (κ2) is 7.45. The molecule has 27 heavy (non-hydrogen) atoms. The normalized spacial score (nSPS) is 11.7. The Hall–Kier alpha value is -2.79. The molecule has 0 N–H and O–H groups in total. The molecule has 2 heterocycles. The molecule has 0 amide bonds. The molecular formula is C22H24N4O. The predicted molar refractivity (Wildman–Crippen MR) is 109 cm³/mol. The molecule has 0 fully saturated rings. The highest BCUT2D eigenvalue weighted by atomic mass is 16.5. The van der Waals surface area contributed by atoms with Gasteiger partial charge in [0.1, 0.15) is 5.82 Å². The smallest absolute Gasteiger partial charge is 0.198 e. The van der Waals surface area contributed by atoms with Crippen molar-refractivity contribution in [2.75, 3.05) is 6.61 Å². The standard InChI is InChI=1S/C22H24N4O/c1-15(2)27-13-7-12-26-21(17-9-6-8-16(3)14-17)25-20-22(26)24-19-11-5-4-10-18(19)23-20/h4-6,8-11,14-15H,7,12-13H2,1-3H3. The van der Waals surface area contributed by atoms with Crippen LogP contribution in [0.1, 0.15) is 25.8 Å². The van der Waals surface area contributed by atoms with Crippen molar-refractivity contribution in [2.45, 2.75) is 39.8 Å². The second-order valence-electron chi connectivity index (χ2n) is 7.09. The van der Waals surface area contributed by atoms with Crippen LogP contribution in [-0.2, 0) is 11.3 Å². The summed E-state index contributed by atoms with van der Waals surface area (Å²) in [5.74, 6) is 0.911. The number of rotatable bonds is 6. The zero-order valence-electron chi connectivity index (χ0n) is 16.0. The van der Waals surface area contributed by atoms with Gasteiger partial charge in [-0.25, -0.2) is 15.0 Å². The third-order valence-electron chi connectivity index (χ3n) is 4.51. The van der Waals surface area contributed by atoms with Crippen molar-refractivity contribution >= 4 is 22.3 Å². The first kappa shape index (κ1) is 17.6. The van der Waals surface area contributed by atoms with E-state index in [1.165, 1.54) is 5.56 Å². The molecule has 0 aliphatic rings. The Bertz CT molecular complexity index is 1080. The number of hydrogen-bond acceptors (Lipinski definition) is 4. The van der Waals surface area contributed by atoms with Gasteiger partial charge < -0.3 is 9.30 Å². The lowest BCUT2D eigenvalue weighted by molar-refractivity contribution is 0.0750. The van der Waals surface area contributed by atoms with Crippen LogP contribution in [-0.4, -0.2) is 32.2 Å². The van der Waals surface area contributed by atoms with E-state index in [1.807, 2.05) is 24.3 Å². The summed E-state index contributed by atoms with van der Waals surface area (Å²) >= 11 is 0. The Balaban J connectivity index is 1.81. The fraction of sp³-hybridized carbons (Fsp3) is 0.318. The van der Waals surface area contributed by atoms with E-state index < -0.39 is 0 Å². The molecule has 0 bridgehead atoms. The first-order valence-corrected chi connectivity index (χ1v) is 9.43. The molecule has 0 saturated heterocycles. The maximum atomic E-state index is 5.72. The molecule has 2 aromatic heterocycles. The maximum Gasteiger partial charge on any atom is 0.198 e. The minimum absolute atomic E-state index is 0.240. The van der Waals surface area contributed by atoms with Crippen LogP contribution < -0.4 is 0 Å². The van der Waals surface area contributed by atoms with Crippen molar-refractivity contribution in [3.63, 3.8) is 0 Å². The summed E-state index contributed by atoms with van der Waals surface area (Å²) in [5, 5.41) is 0. The van der Waals surface area contributed by atoms with E-state index in [1.54, 1.807) is 0 Å². The molecule has 138 valence electrons. The molecule has 5 nitrogen and oxygen atoms in total. The number of benzene rings is 2. The molecule has 2 aromatic carbocycles. The van der Waals surface area contributed by atoms with Gasteiger partial charge >= 0.3 is 0 Å². The van der Waals surface area contributed by atoms with Crippen molar-refractivity contribution in [3.05, 3.63) is 54.1 Å². The Morgan fingerprint density at radius 3 is 2.48 bits per heavy atom. The summed E-state index contributed by atoms with van der Waals surface area (Å²) in [4.78, 5) is 14.4. The lowest BCUT2D eigenvalue weighted by atomic mass is 10.1. The fourth-order valence-corrected chi connectivity index (χ4v) is 3.26. The minimum Gasteiger partial charge on any atom is -0.379 e. The van der Waals surface area contributed by atoms with Gasteiger partial charge in [-0.05, 0) is 45.4 Å². The van der Waals surface area contributed by atoms with Crippen molar-refractivity contribution in [3.8, 4) is 11.4 Å². The van der Waals surface area contributed by atoms with E-state index in [0.717, 1.165) is 41.0 Å². The van der Waals surface area contributed by atoms with E-state index in [0.29, 0.717) is 12.3 Å². The maximum absolute atomic E-state index is 5.72. The van der Waals surface area contributed by atoms with Gasteiger partial charge in [0.15, 0.2) is 11.3 Å². The average Bonchev–Trinajstić information content (AvgIpc) is 3.00. The molecule has 0 saturated carbocycles. The molecule has 0 aliphatic carbocycles. The number of nitrogens with zero attached hydrogens (tertiary/aromatic N) is 4. The van der Waals surface area contributed by atoms with Gasteiger partial charge in [0.2, 0.25) is 0 Å². The highest BCUT2D eigenvalue weighted by Gasteiger charge is 2.16. The Morgan fingerprint density at radius 2 is 1.74 bits per heavy atom. The first-order chi connectivity index (χ1) is 13.1. The third-order valence-corrected chi connectivity index (χ3v) is 4.51. The summed E-state index contributed by atoms with van der Waals surface area (Å²) < 4.78 is 7.89. The largest absolute Gasteiger partial charge is 0.379 e. The molecule has 4 aromatic rings. The van der Waals surface area contributed by atoms with Gasteiger partial charge in [-0.1, -0.05) is 35.9 Å². The highest BCUT2D eigenvalue weighted by molar-refractivity contribution is 5.84. The number of aryl methyl sites for hydroxylation is 2. The van der Waals surface area contributed by atoms with E-state index >= 15 is 0 Å². The highest BCUT2D eigenvalue weighted by Crippen LogP contribution is 2.25. The van der Waals surface area contributed by atoms with Crippen LogP contribution in [0.25, 0.3) is 33.7 Å². The topological polar surface area (TPSA) is 52.8 Å². The molecule has 4 rings (SSSR count). The number of hydrogen-bond donors (Lipinski definition) is 0. The number of imidazole rings is 1. The quantitative estimate of drug-likeness (QED) is 0.465. The van der Waals surface area contributed by atoms with Gasteiger partial charge in [0.25, 0.3) is 0 Å². The van der Waals surface area contributed by atoms with Crippen LogP contribution in [0.5, 0.6) is 0 Å². The lowest BCUT2D eigenvalue weighted by Gasteiger charge is -2.11. The molecule has 0 radical (unpaired) electrons. The van der Waals surface area contributed by atoms with E-state index in [-0.39, 0.29) is 6.10 Å². The van der Waals surface area contributed by atoms with E-state index in [9.17, 15) is 0 Å². The fourth-order valence-electron chi connectivity index (χ4n) is 3.26. The molecule has 0 unspecified atom stereocenters. The Morgan fingerprint density at radius 1 is 0.963 bits per heavy atom. The number of para-hydroxylation sites is 2. The molecule has 0 spiro atoms. The van der Waals surface area contributed by atoms with Crippen molar-refractivity contribution < 1.29 is 4.74 Å². The summed E-state index contributed by atoms with van der Waals surface area (Å²) in [6.45, 7) is 7.72. The summed E-state index contributed by atoms with van der Waals surface area (Å²) in [6.07, 6.45) is 1.14. The zero-order valence-corrected chi connectivity index (χ0v) is 16.0. The van der Waals surface area contributed by atoms with Crippen molar-refractivity contribution in [2.24, 2.45) is 0 Å². The SMILES string of the molecule is Cc1cccc(-c2nc3nc4ccccc4nc3n2CCCOC(C)C)c1. The zero-order chi connectivity index (χ0) is 18.8. The monoisotopic (exact) mass is 360 g/mol. The Labute approximate surface area is 159 Å². The number of aromatic nitrogens is 4. The molecule has 5 heteroatoms. The second-order valence-corrected chi connectivity index (χ2v) is 7.09. The summed E-state index contributed by atoms with van der Waals surface area (Å²) in [6, 6.07) is 16.3. The first-order valence-electron chi connectivity index (χ1n) is 9.43. The minimum atomic E-state index is 0.240. The van der Waals surface area contributed by atoms with Crippen LogP contribution in [0, 0.1) is 6.92 Å². The molecule has 0 atom stereocenters. The predicted octanol–water partition coefficient (Wildman–Crippen LogP) is 4.77. The summed E-state index contributed by atoms with van der Waals surface area (Å²) in [7, 11) is 0. The van der Waals surface area contributed by atoms with Crippen LogP contribution in [0.4, 0.5) is 0 Å². The average molecular weight is 360 g/mol. The number of ether oxygens (including phenoxy) is 1. The van der Waals surface area contributed by atoms with Crippen molar-refractivity contribution in [1.29, 1.82) is 0 Å². The van der Waals surface area contributed by atoms with E-state index in [2.05, 4.69) is 49.6 Å². The third kappa shape index (κ3) is 3.69. The van der Waals surface area contributed by atoms with Crippen LogP contribution in [0.2, 0.25) is 0 Å². The van der Waals surface area contributed by atoms with Gasteiger partial charge in [-0.3, -0.25) is 0 Å². The van der Waals surface area contributed by atoms with Crippen LogP contribution in [0.3, 0.4) is 0 Å². The van der Waals surface area contributed by atoms with Crippen LogP contribution in [0.15, 0.2) is 48.5 Å². The molecule has 0 aliphatic heterocycles. The van der Waals surface area contributed by atoms with Crippen LogP contribution >= 0.6 is 0 Å². The van der Waals surface area contributed by atoms with E-state index in [4.69, 9.17) is 19.7 Å². The number of fused-ring (bicyclic) bond motifs is 2. The van der Waals surface area contributed by atoms with Gasteiger partial charge in [0.05, 0.1) is 17.1 Å². The van der Waals surface area contributed by atoms with Gasteiger partial charge in [-0.15, -0.1) is 0 Å². The molecular weight excluding hydrogens is 336 g/mol.